The van der Waals surface area contributed by atoms with E-state index in [9.17, 15) is 4.79 Å². The second-order valence-corrected chi connectivity index (χ2v) is 7.73. The third kappa shape index (κ3) is 4.01. The molecular formula is C22H27N5O. The van der Waals surface area contributed by atoms with Gasteiger partial charge in [0.2, 0.25) is 5.95 Å². The number of rotatable bonds is 5. The van der Waals surface area contributed by atoms with E-state index < -0.39 is 0 Å². The Morgan fingerprint density at radius 2 is 2.04 bits per heavy atom. The van der Waals surface area contributed by atoms with Crippen LogP contribution < -0.4 is 5.32 Å². The van der Waals surface area contributed by atoms with E-state index in [2.05, 4.69) is 51.6 Å². The summed E-state index contributed by atoms with van der Waals surface area (Å²) in [6.07, 6.45) is 5.03. The number of H-pyrrole nitrogens is 1. The van der Waals surface area contributed by atoms with Gasteiger partial charge in [-0.1, -0.05) is 25.1 Å². The quantitative estimate of drug-likeness (QED) is 0.709. The van der Waals surface area contributed by atoms with Crippen LogP contribution in [0.15, 0.2) is 36.5 Å². The van der Waals surface area contributed by atoms with Gasteiger partial charge < -0.3 is 15.2 Å². The van der Waals surface area contributed by atoms with Gasteiger partial charge in [-0.3, -0.25) is 4.79 Å². The number of para-hydroxylation sites is 1. The summed E-state index contributed by atoms with van der Waals surface area (Å²) in [4.78, 5) is 27.0. The number of benzene rings is 1. The third-order valence-corrected chi connectivity index (χ3v) is 5.50. The molecule has 1 aromatic carbocycles. The maximum Gasteiger partial charge on any atom is 0.272 e. The van der Waals surface area contributed by atoms with Gasteiger partial charge in [-0.2, -0.15) is 0 Å². The fraction of sp³-hybridized carbons (Fsp3) is 0.409. The third-order valence-electron chi connectivity index (χ3n) is 5.50. The van der Waals surface area contributed by atoms with Crippen LogP contribution in [0.1, 0.15) is 41.5 Å². The van der Waals surface area contributed by atoms with Crippen molar-refractivity contribution >= 4 is 22.8 Å². The van der Waals surface area contributed by atoms with Gasteiger partial charge in [0.1, 0.15) is 5.69 Å². The summed E-state index contributed by atoms with van der Waals surface area (Å²) in [7, 11) is 0. The molecule has 0 radical (unpaired) electrons. The van der Waals surface area contributed by atoms with Crippen molar-refractivity contribution in [3.05, 3.63) is 53.5 Å². The summed E-state index contributed by atoms with van der Waals surface area (Å²) in [5.41, 5.74) is 3.69. The fourth-order valence-electron chi connectivity index (χ4n) is 3.78. The minimum Gasteiger partial charge on any atom is -0.361 e. The van der Waals surface area contributed by atoms with E-state index in [-0.39, 0.29) is 5.91 Å². The highest BCUT2D eigenvalue weighted by Crippen LogP contribution is 2.19. The predicted molar refractivity (Wildman–Crippen MR) is 112 cm³/mol. The van der Waals surface area contributed by atoms with E-state index in [4.69, 9.17) is 0 Å². The number of likely N-dealkylation sites (tertiary alicyclic amines) is 1. The molecule has 1 fully saturated rings. The first-order chi connectivity index (χ1) is 13.6. The number of aromatic amines is 1. The Morgan fingerprint density at radius 1 is 1.25 bits per heavy atom. The molecule has 28 heavy (non-hydrogen) atoms. The van der Waals surface area contributed by atoms with Crippen LogP contribution in [0.4, 0.5) is 5.95 Å². The molecule has 146 valence electrons. The van der Waals surface area contributed by atoms with Crippen LogP contribution in [0, 0.1) is 12.8 Å². The van der Waals surface area contributed by atoms with Crippen molar-refractivity contribution in [3.63, 3.8) is 0 Å². The van der Waals surface area contributed by atoms with Gasteiger partial charge in [0.05, 0.1) is 0 Å². The highest BCUT2D eigenvalue weighted by molar-refractivity contribution is 5.92. The average Bonchev–Trinajstić information content (AvgIpc) is 3.11. The number of fused-ring (bicyclic) bond motifs is 1. The minimum absolute atomic E-state index is 0.0112. The first-order valence-electron chi connectivity index (χ1n) is 10.0. The molecule has 1 aliphatic heterocycles. The summed E-state index contributed by atoms with van der Waals surface area (Å²) < 4.78 is 0. The molecule has 3 aromatic rings. The smallest absolute Gasteiger partial charge is 0.272 e. The van der Waals surface area contributed by atoms with Crippen LogP contribution in [-0.4, -0.2) is 45.4 Å². The van der Waals surface area contributed by atoms with Gasteiger partial charge in [-0.25, -0.2) is 9.97 Å². The van der Waals surface area contributed by atoms with E-state index in [1.807, 2.05) is 17.9 Å². The standard InChI is InChI=1S/C22H27N5O/c1-15-8-11-27(12-9-15)21(28)20-13-16(2)25-22(26-20)23-10-7-17-14-24-19-6-4-3-5-18(17)19/h3-6,13-15,24H,7-12H2,1-2H3,(H,23,25,26). The van der Waals surface area contributed by atoms with Gasteiger partial charge in [-0.05, 0) is 49.8 Å². The van der Waals surface area contributed by atoms with E-state index in [1.165, 1.54) is 10.9 Å². The van der Waals surface area contributed by atoms with Crippen LogP contribution >= 0.6 is 0 Å². The summed E-state index contributed by atoms with van der Waals surface area (Å²) in [5.74, 6) is 1.23. The Labute approximate surface area is 165 Å². The lowest BCUT2D eigenvalue weighted by molar-refractivity contribution is 0.0691. The van der Waals surface area contributed by atoms with E-state index in [1.54, 1.807) is 6.07 Å². The van der Waals surface area contributed by atoms with E-state index in [0.717, 1.165) is 43.6 Å². The topological polar surface area (TPSA) is 73.9 Å². The number of carbonyl (C=O) groups is 1. The molecule has 6 nitrogen and oxygen atoms in total. The van der Waals surface area contributed by atoms with Gasteiger partial charge in [0.15, 0.2) is 0 Å². The molecule has 0 spiro atoms. The molecule has 0 saturated carbocycles. The first kappa shape index (κ1) is 18.5. The van der Waals surface area contributed by atoms with Crippen LogP contribution in [-0.2, 0) is 6.42 Å². The fourth-order valence-corrected chi connectivity index (χ4v) is 3.78. The first-order valence-corrected chi connectivity index (χ1v) is 10.0. The van der Waals surface area contributed by atoms with Crippen molar-refractivity contribution < 1.29 is 4.79 Å². The van der Waals surface area contributed by atoms with Crippen molar-refractivity contribution in [1.29, 1.82) is 0 Å². The van der Waals surface area contributed by atoms with Gasteiger partial charge in [-0.15, -0.1) is 0 Å². The lowest BCUT2D eigenvalue weighted by Crippen LogP contribution is -2.38. The SMILES string of the molecule is Cc1cc(C(=O)N2CCC(C)CC2)nc(NCCc2c[nH]c3ccccc23)n1. The Bertz CT molecular complexity index is 972. The molecule has 0 aliphatic carbocycles. The number of hydrogen-bond donors (Lipinski definition) is 2. The molecular weight excluding hydrogens is 350 g/mol. The number of piperidine rings is 1. The largest absolute Gasteiger partial charge is 0.361 e. The second-order valence-electron chi connectivity index (χ2n) is 7.73. The lowest BCUT2D eigenvalue weighted by Gasteiger charge is -2.30. The van der Waals surface area contributed by atoms with E-state index in [0.29, 0.717) is 24.1 Å². The average molecular weight is 377 g/mol. The Hall–Kier alpha value is -2.89. The maximum absolute atomic E-state index is 12.8. The van der Waals surface area contributed by atoms with Crippen molar-refractivity contribution in [2.45, 2.75) is 33.1 Å². The summed E-state index contributed by atoms with van der Waals surface area (Å²) >= 11 is 0. The van der Waals surface area contributed by atoms with Gasteiger partial charge >= 0.3 is 0 Å². The molecule has 0 unspecified atom stereocenters. The number of anilines is 1. The molecule has 0 bridgehead atoms. The van der Waals surface area contributed by atoms with E-state index >= 15 is 0 Å². The minimum atomic E-state index is 0.0112. The summed E-state index contributed by atoms with van der Waals surface area (Å²) in [6, 6.07) is 10.1. The van der Waals surface area contributed by atoms with Crippen molar-refractivity contribution in [2.24, 2.45) is 5.92 Å². The zero-order valence-electron chi connectivity index (χ0n) is 16.5. The monoisotopic (exact) mass is 377 g/mol. The van der Waals surface area contributed by atoms with Crippen LogP contribution in [0.5, 0.6) is 0 Å². The van der Waals surface area contributed by atoms with Crippen LogP contribution in [0.3, 0.4) is 0 Å². The predicted octanol–water partition coefficient (Wildman–Crippen LogP) is 3.79. The normalized spacial score (nSPS) is 15.1. The Morgan fingerprint density at radius 3 is 2.86 bits per heavy atom. The number of aromatic nitrogens is 3. The highest BCUT2D eigenvalue weighted by Gasteiger charge is 2.23. The number of hydrogen-bond acceptors (Lipinski definition) is 4. The van der Waals surface area contributed by atoms with Gasteiger partial charge in [0.25, 0.3) is 5.91 Å². The van der Waals surface area contributed by atoms with Crippen LogP contribution in [0.2, 0.25) is 0 Å². The highest BCUT2D eigenvalue weighted by atomic mass is 16.2. The number of carbonyl (C=O) groups excluding carboxylic acids is 1. The number of nitrogens with zero attached hydrogens (tertiary/aromatic N) is 3. The van der Waals surface area contributed by atoms with Crippen molar-refractivity contribution in [2.75, 3.05) is 25.0 Å². The summed E-state index contributed by atoms with van der Waals surface area (Å²) in [6.45, 7) is 6.48. The van der Waals surface area contributed by atoms with Crippen molar-refractivity contribution in [1.82, 2.24) is 19.9 Å². The van der Waals surface area contributed by atoms with Gasteiger partial charge in [0, 0.05) is 42.4 Å². The molecule has 1 aliphatic rings. The number of aryl methyl sites for hydroxylation is 1. The zero-order valence-corrected chi connectivity index (χ0v) is 16.5. The molecule has 2 aromatic heterocycles. The zero-order chi connectivity index (χ0) is 19.5. The Kier molecular flexibility index (Phi) is 5.28. The Balaban J connectivity index is 1.41. The number of nitrogens with one attached hydrogen (secondary N) is 2. The molecule has 1 saturated heterocycles. The van der Waals surface area contributed by atoms with Crippen LogP contribution in [0.25, 0.3) is 10.9 Å². The summed E-state index contributed by atoms with van der Waals surface area (Å²) in [5, 5.41) is 4.53. The van der Waals surface area contributed by atoms with Crippen molar-refractivity contribution in [3.8, 4) is 0 Å². The molecule has 6 heteroatoms. The molecule has 2 N–H and O–H groups in total. The maximum atomic E-state index is 12.8. The molecule has 0 atom stereocenters. The number of amides is 1. The lowest BCUT2D eigenvalue weighted by atomic mass is 9.99. The molecule has 3 heterocycles. The molecule has 1 amide bonds. The second kappa shape index (κ2) is 8.00. The molecule has 4 rings (SSSR count).